The molecule has 0 spiro atoms. The van der Waals surface area contributed by atoms with Crippen LogP contribution in [0.4, 0.5) is 5.69 Å². The van der Waals surface area contributed by atoms with Crippen LogP contribution in [0.2, 0.25) is 0 Å². The van der Waals surface area contributed by atoms with Gasteiger partial charge < -0.3 is 20.5 Å². The third-order valence-electron chi connectivity index (χ3n) is 4.64. The van der Waals surface area contributed by atoms with Crippen molar-refractivity contribution in [3.05, 3.63) is 18.2 Å². The van der Waals surface area contributed by atoms with Crippen molar-refractivity contribution in [1.29, 1.82) is 0 Å². The summed E-state index contributed by atoms with van der Waals surface area (Å²) in [7, 11) is 1.56. The van der Waals surface area contributed by atoms with Crippen LogP contribution in [0, 0.1) is 5.92 Å². The van der Waals surface area contributed by atoms with E-state index in [1.54, 1.807) is 19.2 Å². The molecule has 1 aliphatic carbocycles. The number of ether oxygens (including phenoxy) is 1. The van der Waals surface area contributed by atoms with Crippen LogP contribution in [0.15, 0.2) is 18.2 Å². The lowest BCUT2D eigenvalue weighted by atomic mass is 9.85. The number of fused-ring (bicyclic) bond motifs is 1. The highest BCUT2D eigenvalue weighted by molar-refractivity contribution is 5.96. The summed E-state index contributed by atoms with van der Waals surface area (Å²) in [5.41, 5.74) is 0.399. The van der Waals surface area contributed by atoms with Crippen molar-refractivity contribution in [1.82, 2.24) is 5.32 Å². The predicted octanol–water partition coefficient (Wildman–Crippen LogP) is 2.26. The quantitative estimate of drug-likeness (QED) is 0.747. The number of carbonyl (C=O) groups excluding carboxylic acids is 1. The Labute approximate surface area is 124 Å². The van der Waals surface area contributed by atoms with E-state index < -0.39 is 0 Å². The van der Waals surface area contributed by atoms with Crippen molar-refractivity contribution in [3.8, 4) is 11.5 Å². The highest BCUT2D eigenvalue weighted by Crippen LogP contribution is 2.34. The van der Waals surface area contributed by atoms with Gasteiger partial charge in [0.1, 0.15) is 11.5 Å². The maximum absolute atomic E-state index is 12.4. The van der Waals surface area contributed by atoms with Gasteiger partial charge in [-0.3, -0.25) is 4.79 Å². The van der Waals surface area contributed by atoms with Gasteiger partial charge in [-0.25, -0.2) is 0 Å². The van der Waals surface area contributed by atoms with Gasteiger partial charge in [-0.2, -0.15) is 0 Å². The van der Waals surface area contributed by atoms with Crippen molar-refractivity contribution >= 4 is 11.6 Å². The molecule has 0 aromatic heterocycles. The van der Waals surface area contributed by atoms with E-state index in [-0.39, 0.29) is 17.7 Å². The highest BCUT2D eigenvalue weighted by atomic mass is 16.5. The van der Waals surface area contributed by atoms with Gasteiger partial charge in [-0.15, -0.1) is 0 Å². The Hall–Kier alpha value is -1.75. The molecule has 21 heavy (non-hydrogen) atoms. The Balaban J connectivity index is 1.66. The van der Waals surface area contributed by atoms with Crippen LogP contribution in [0.25, 0.3) is 0 Å². The number of benzene rings is 1. The standard InChI is InChI=1S/C16H22N2O3/c1-21-11-6-7-15(19)13(9-11)18-16(20)14-8-10-4-2-3-5-12(10)17-14/h6-7,9-10,12,14,17,19H,2-5,8H2,1H3,(H,18,20). The summed E-state index contributed by atoms with van der Waals surface area (Å²) in [5, 5.41) is 16.1. The molecular formula is C16H22N2O3. The summed E-state index contributed by atoms with van der Waals surface area (Å²) < 4.78 is 5.12. The number of anilines is 1. The molecule has 3 rings (SSSR count). The van der Waals surface area contributed by atoms with Crippen molar-refractivity contribution in [2.75, 3.05) is 12.4 Å². The minimum Gasteiger partial charge on any atom is -0.506 e. The molecule has 3 unspecified atom stereocenters. The number of phenols is 1. The molecule has 1 aromatic rings. The van der Waals surface area contributed by atoms with E-state index in [0.717, 1.165) is 6.42 Å². The fourth-order valence-corrected chi connectivity index (χ4v) is 3.48. The van der Waals surface area contributed by atoms with Crippen molar-refractivity contribution in [2.45, 2.75) is 44.2 Å². The largest absolute Gasteiger partial charge is 0.506 e. The normalized spacial score (nSPS) is 28.0. The second kappa shape index (κ2) is 5.93. The number of nitrogens with one attached hydrogen (secondary N) is 2. The van der Waals surface area contributed by atoms with Crippen molar-refractivity contribution < 1.29 is 14.6 Å². The van der Waals surface area contributed by atoms with Crippen LogP contribution in [-0.2, 0) is 4.79 Å². The molecule has 3 atom stereocenters. The molecule has 0 bridgehead atoms. The zero-order valence-electron chi connectivity index (χ0n) is 12.3. The minimum absolute atomic E-state index is 0.0552. The molecule has 0 radical (unpaired) electrons. The van der Waals surface area contributed by atoms with E-state index in [9.17, 15) is 9.90 Å². The third kappa shape index (κ3) is 2.97. The lowest BCUT2D eigenvalue weighted by Crippen LogP contribution is -2.39. The van der Waals surface area contributed by atoms with Gasteiger partial charge in [0.25, 0.3) is 0 Å². The summed E-state index contributed by atoms with van der Waals surface area (Å²) in [5.74, 6) is 1.21. The first-order valence-electron chi connectivity index (χ1n) is 7.61. The Morgan fingerprint density at radius 2 is 2.19 bits per heavy atom. The Kier molecular flexibility index (Phi) is 4.01. The molecule has 1 saturated carbocycles. The Morgan fingerprint density at radius 1 is 1.38 bits per heavy atom. The van der Waals surface area contributed by atoms with E-state index in [4.69, 9.17) is 4.74 Å². The molecule has 1 aromatic carbocycles. The number of phenolic OH excluding ortho intramolecular Hbond substituents is 1. The van der Waals surface area contributed by atoms with E-state index in [1.165, 1.54) is 31.7 Å². The zero-order chi connectivity index (χ0) is 14.8. The van der Waals surface area contributed by atoms with E-state index >= 15 is 0 Å². The molecular weight excluding hydrogens is 268 g/mol. The van der Waals surface area contributed by atoms with Gasteiger partial charge in [-0.05, 0) is 37.3 Å². The zero-order valence-corrected chi connectivity index (χ0v) is 12.3. The number of methoxy groups -OCH3 is 1. The highest BCUT2D eigenvalue weighted by Gasteiger charge is 2.38. The molecule has 1 heterocycles. The van der Waals surface area contributed by atoms with Gasteiger partial charge >= 0.3 is 0 Å². The van der Waals surface area contributed by atoms with Gasteiger partial charge in [0.2, 0.25) is 5.91 Å². The minimum atomic E-state index is -0.163. The predicted molar refractivity (Wildman–Crippen MR) is 80.6 cm³/mol. The van der Waals surface area contributed by atoms with Gasteiger partial charge in [0, 0.05) is 12.1 Å². The van der Waals surface area contributed by atoms with Gasteiger partial charge in [0.15, 0.2) is 0 Å². The number of aromatic hydroxyl groups is 1. The Bertz CT molecular complexity index is 518. The smallest absolute Gasteiger partial charge is 0.241 e. The molecule has 2 aliphatic rings. The average Bonchev–Trinajstić information content (AvgIpc) is 2.93. The number of carbonyl (C=O) groups is 1. The summed E-state index contributed by atoms with van der Waals surface area (Å²) in [6, 6.07) is 5.14. The number of amides is 1. The molecule has 2 fully saturated rings. The summed E-state index contributed by atoms with van der Waals surface area (Å²) >= 11 is 0. The SMILES string of the molecule is COc1ccc(O)c(NC(=O)C2CC3CCCCC3N2)c1. The molecule has 1 aliphatic heterocycles. The summed E-state index contributed by atoms with van der Waals surface area (Å²) in [6.07, 6.45) is 5.79. The molecule has 3 N–H and O–H groups in total. The third-order valence-corrected chi connectivity index (χ3v) is 4.64. The number of rotatable bonds is 3. The van der Waals surface area contributed by atoms with Crippen LogP contribution in [0.5, 0.6) is 11.5 Å². The maximum Gasteiger partial charge on any atom is 0.241 e. The van der Waals surface area contributed by atoms with Crippen molar-refractivity contribution in [3.63, 3.8) is 0 Å². The first-order chi connectivity index (χ1) is 10.2. The fourth-order valence-electron chi connectivity index (χ4n) is 3.48. The van der Waals surface area contributed by atoms with E-state index in [2.05, 4.69) is 10.6 Å². The molecule has 1 saturated heterocycles. The second-order valence-corrected chi connectivity index (χ2v) is 5.98. The van der Waals surface area contributed by atoms with E-state index in [1.807, 2.05) is 0 Å². The van der Waals surface area contributed by atoms with Crippen LogP contribution in [0.1, 0.15) is 32.1 Å². The van der Waals surface area contributed by atoms with Crippen LogP contribution in [-0.4, -0.2) is 30.2 Å². The average molecular weight is 290 g/mol. The monoisotopic (exact) mass is 290 g/mol. The van der Waals surface area contributed by atoms with Crippen LogP contribution >= 0.6 is 0 Å². The van der Waals surface area contributed by atoms with Gasteiger partial charge in [0.05, 0.1) is 18.8 Å². The van der Waals surface area contributed by atoms with Crippen LogP contribution in [0.3, 0.4) is 0 Å². The molecule has 5 heteroatoms. The van der Waals surface area contributed by atoms with Crippen molar-refractivity contribution in [2.24, 2.45) is 5.92 Å². The first kappa shape index (κ1) is 14.2. The lowest BCUT2D eigenvalue weighted by molar-refractivity contribution is -0.117. The maximum atomic E-state index is 12.4. The molecule has 1 amide bonds. The van der Waals surface area contributed by atoms with Crippen LogP contribution < -0.4 is 15.4 Å². The first-order valence-corrected chi connectivity index (χ1v) is 7.61. The number of hydrogen-bond donors (Lipinski definition) is 3. The molecule has 5 nitrogen and oxygen atoms in total. The lowest BCUT2D eigenvalue weighted by Gasteiger charge is -2.24. The molecule has 114 valence electrons. The second-order valence-electron chi connectivity index (χ2n) is 5.98. The fraction of sp³-hybridized carbons (Fsp3) is 0.562. The Morgan fingerprint density at radius 3 is 2.95 bits per heavy atom. The summed E-state index contributed by atoms with van der Waals surface area (Å²) in [4.78, 5) is 12.4. The van der Waals surface area contributed by atoms with Gasteiger partial charge in [-0.1, -0.05) is 12.8 Å². The topological polar surface area (TPSA) is 70.6 Å². The summed E-state index contributed by atoms with van der Waals surface area (Å²) in [6.45, 7) is 0. The number of hydrogen-bond acceptors (Lipinski definition) is 4. The van der Waals surface area contributed by atoms with E-state index in [0.29, 0.717) is 23.4 Å².